The number of rotatable bonds is 6. The minimum absolute atomic E-state index is 0. The minimum atomic E-state index is 0. The van der Waals surface area contributed by atoms with Crippen LogP contribution in [-0.2, 0) is 6.54 Å². The fourth-order valence-electron chi connectivity index (χ4n) is 1.92. The molecule has 3 rings (SSSR count). The number of nitrogens with one attached hydrogen (secondary N) is 1. The van der Waals surface area contributed by atoms with Crippen LogP contribution in [0.2, 0.25) is 0 Å². The Morgan fingerprint density at radius 2 is 2.21 bits per heavy atom. The molecule has 19 heavy (non-hydrogen) atoms. The predicted molar refractivity (Wildman–Crippen MR) is 65.2 cm³/mol. The van der Waals surface area contributed by atoms with E-state index in [2.05, 4.69) is 20.3 Å². The highest BCUT2D eigenvalue weighted by molar-refractivity contribution is 5.82. The number of imidazole rings is 1. The van der Waals surface area contributed by atoms with Crippen molar-refractivity contribution in [1.29, 1.82) is 0 Å². The summed E-state index contributed by atoms with van der Waals surface area (Å²) >= 11 is 0. The number of anilines is 1. The van der Waals surface area contributed by atoms with E-state index in [9.17, 15) is 0 Å². The van der Waals surface area contributed by atoms with E-state index in [1.54, 1.807) is 12.7 Å². The molecule has 1 fully saturated rings. The van der Waals surface area contributed by atoms with Gasteiger partial charge in [-0.2, -0.15) is 0 Å². The molecule has 0 bridgehead atoms. The highest BCUT2D eigenvalue weighted by atomic mass is 35.5. The van der Waals surface area contributed by atoms with Crippen molar-refractivity contribution in [2.24, 2.45) is 0 Å². The van der Waals surface area contributed by atoms with Crippen molar-refractivity contribution in [3.05, 3.63) is 12.7 Å². The van der Waals surface area contributed by atoms with Gasteiger partial charge in [0.25, 0.3) is 0 Å². The number of fused-ring (bicyclic) bond motifs is 1. The molecule has 2 aromatic heterocycles. The maximum atomic E-state index is 8.67. The normalized spacial score (nSPS) is 14.4. The highest BCUT2D eigenvalue weighted by Crippen LogP contribution is 2.26. The minimum Gasteiger partial charge on any atom is -1.00 e. The van der Waals surface area contributed by atoms with Crippen LogP contribution in [0.5, 0.6) is 0 Å². The van der Waals surface area contributed by atoms with Crippen molar-refractivity contribution >= 4 is 17.0 Å². The van der Waals surface area contributed by atoms with Crippen LogP contribution in [0.25, 0.3) is 11.2 Å². The van der Waals surface area contributed by atoms with E-state index in [4.69, 9.17) is 5.21 Å². The van der Waals surface area contributed by atoms with Crippen molar-refractivity contribution in [2.45, 2.75) is 31.8 Å². The summed E-state index contributed by atoms with van der Waals surface area (Å²) in [5.41, 5.74) is 2.87. The molecule has 2 aromatic rings. The van der Waals surface area contributed by atoms with E-state index in [1.165, 1.54) is 18.3 Å². The predicted octanol–water partition coefficient (Wildman–Crippen LogP) is -3.25. The molecule has 104 valence electrons. The molecule has 0 spiro atoms. The van der Waals surface area contributed by atoms with Gasteiger partial charge in [0.05, 0.1) is 6.33 Å². The zero-order valence-electron chi connectivity index (χ0n) is 10.5. The molecular formula is C11H17ClN6O. The molecule has 0 aromatic carbocycles. The standard InChI is InChI=1S/C11H16N6O.ClH/c18-15-4-1-5-17-7-14-9-10(16-8-2-3-8)12-6-13-11(9)17;/h6-8,15,18H,1-5H2,(H,12,13,16);1H. The number of nitrogens with two attached hydrogens (primary N) is 1. The van der Waals surface area contributed by atoms with Crippen LogP contribution in [0.4, 0.5) is 5.82 Å². The lowest BCUT2D eigenvalue weighted by Crippen LogP contribution is -3.00. The number of quaternary nitrogens is 1. The first-order valence-corrected chi connectivity index (χ1v) is 6.27. The average Bonchev–Trinajstić information content (AvgIpc) is 3.10. The average molecular weight is 285 g/mol. The molecule has 0 saturated heterocycles. The third kappa shape index (κ3) is 3.12. The van der Waals surface area contributed by atoms with Gasteiger partial charge in [-0.3, -0.25) is 0 Å². The molecule has 8 heteroatoms. The second-order valence-electron chi connectivity index (χ2n) is 4.58. The lowest BCUT2D eigenvalue weighted by Gasteiger charge is -2.04. The molecular weight excluding hydrogens is 268 g/mol. The van der Waals surface area contributed by atoms with Crippen LogP contribution in [-0.4, -0.2) is 37.3 Å². The van der Waals surface area contributed by atoms with E-state index in [1.807, 2.05) is 4.57 Å². The summed E-state index contributed by atoms with van der Waals surface area (Å²) in [5, 5.41) is 12.0. The Morgan fingerprint density at radius 3 is 2.95 bits per heavy atom. The van der Waals surface area contributed by atoms with Gasteiger partial charge >= 0.3 is 0 Å². The summed E-state index contributed by atoms with van der Waals surface area (Å²) in [6.07, 6.45) is 6.65. The highest BCUT2D eigenvalue weighted by Gasteiger charge is 2.23. The number of hydroxylamine groups is 1. The summed E-state index contributed by atoms with van der Waals surface area (Å²) in [6, 6.07) is 0.553. The molecule has 1 saturated carbocycles. The van der Waals surface area contributed by atoms with Crippen molar-refractivity contribution in [1.82, 2.24) is 19.5 Å². The Morgan fingerprint density at radius 1 is 1.37 bits per heavy atom. The van der Waals surface area contributed by atoms with Crippen molar-refractivity contribution in [2.75, 3.05) is 11.9 Å². The molecule has 0 radical (unpaired) electrons. The monoisotopic (exact) mass is 284 g/mol. The smallest absolute Gasteiger partial charge is 0.165 e. The Labute approximate surface area is 116 Å². The number of aromatic nitrogens is 4. The zero-order chi connectivity index (χ0) is 12.4. The summed E-state index contributed by atoms with van der Waals surface area (Å²) in [5.74, 6) is 0.829. The van der Waals surface area contributed by atoms with Crippen molar-refractivity contribution < 1.29 is 23.1 Å². The zero-order valence-corrected chi connectivity index (χ0v) is 11.2. The third-order valence-electron chi connectivity index (χ3n) is 3.05. The molecule has 4 N–H and O–H groups in total. The van der Waals surface area contributed by atoms with E-state index < -0.39 is 0 Å². The first kappa shape index (κ1) is 14.0. The lowest BCUT2D eigenvalue weighted by atomic mass is 10.4. The van der Waals surface area contributed by atoms with Crippen molar-refractivity contribution in [3.63, 3.8) is 0 Å². The van der Waals surface area contributed by atoms with Crippen LogP contribution in [0.1, 0.15) is 19.3 Å². The van der Waals surface area contributed by atoms with Gasteiger partial charge in [0.2, 0.25) is 0 Å². The van der Waals surface area contributed by atoms with E-state index in [-0.39, 0.29) is 12.4 Å². The summed E-state index contributed by atoms with van der Waals surface area (Å²) in [4.78, 5) is 12.9. The molecule has 0 amide bonds. The number of nitrogens with zero attached hydrogens (tertiary/aromatic N) is 4. The molecule has 1 aliphatic carbocycles. The number of hydrogen-bond acceptors (Lipinski definition) is 5. The number of aryl methyl sites for hydroxylation is 1. The maximum Gasteiger partial charge on any atom is 0.165 e. The van der Waals surface area contributed by atoms with Gasteiger partial charge in [0, 0.05) is 19.0 Å². The van der Waals surface area contributed by atoms with Gasteiger partial charge < -0.3 is 22.3 Å². The van der Waals surface area contributed by atoms with Gasteiger partial charge in [0.15, 0.2) is 11.5 Å². The summed E-state index contributed by atoms with van der Waals surface area (Å²) in [6.45, 7) is 1.48. The molecule has 1 aliphatic rings. The Balaban J connectivity index is 0.00000133. The molecule has 0 unspecified atom stereocenters. The van der Waals surface area contributed by atoms with Crippen LogP contribution >= 0.6 is 0 Å². The Bertz CT molecular complexity index is 541. The fourth-order valence-corrected chi connectivity index (χ4v) is 1.92. The van der Waals surface area contributed by atoms with E-state index >= 15 is 0 Å². The van der Waals surface area contributed by atoms with E-state index in [0.717, 1.165) is 29.9 Å². The maximum absolute atomic E-state index is 8.67. The van der Waals surface area contributed by atoms with Gasteiger partial charge in [-0.05, 0) is 12.8 Å². The van der Waals surface area contributed by atoms with Crippen molar-refractivity contribution in [3.8, 4) is 0 Å². The van der Waals surface area contributed by atoms with Gasteiger partial charge in [-0.15, -0.1) is 0 Å². The molecule has 0 atom stereocenters. The van der Waals surface area contributed by atoms with Crippen LogP contribution in [0, 0.1) is 0 Å². The van der Waals surface area contributed by atoms with Gasteiger partial charge in [-0.1, -0.05) is 0 Å². The quantitative estimate of drug-likeness (QED) is 0.383. The van der Waals surface area contributed by atoms with E-state index in [0.29, 0.717) is 12.6 Å². The fraction of sp³-hybridized carbons (Fsp3) is 0.545. The van der Waals surface area contributed by atoms with Gasteiger partial charge in [-0.25, -0.2) is 25.6 Å². The second-order valence-corrected chi connectivity index (χ2v) is 4.58. The first-order valence-electron chi connectivity index (χ1n) is 6.27. The summed E-state index contributed by atoms with van der Waals surface area (Å²) < 4.78 is 2.00. The Hall–Kier alpha value is -1.44. The van der Waals surface area contributed by atoms with Gasteiger partial charge in [0.1, 0.15) is 18.4 Å². The van der Waals surface area contributed by atoms with Crippen LogP contribution in [0.15, 0.2) is 12.7 Å². The van der Waals surface area contributed by atoms with Crippen LogP contribution < -0.4 is 23.2 Å². The SMILES string of the molecule is O[NH2+]CCCn1cnc2c(NC3CC3)ncnc21.[Cl-]. The number of hydrogen-bond donors (Lipinski definition) is 3. The molecule has 7 nitrogen and oxygen atoms in total. The largest absolute Gasteiger partial charge is 1.00 e. The van der Waals surface area contributed by atoms with Crippen LogP contribution in [0.3, 0.4) is 0 Å². The summed E-state index contributed by atoms with van der Waals surface area (Å²) in [7, 11) is 0. The lowest BCUT2D eigenvalue weighted by molar-refractivity contribution is -0.886. The second kappa shape index (κ2) is 6.14. The molecule has 0 aliphatic heterocycles. The first-order chi connectivity index (χ1) is 8.88. The molecule has 2 heterocycles. The Kier molecular flexibility index (Phi) is 4.52. The third-order valence-corrected chi connectivity index (χ3v) is 3.05. The topological polar surface area (TPSA) is 92.5 Å². The number of halogens is 1.